The SMILES string of the molecule is Cc1c(C#N)c(N)n(CCc2ccsc2)c1C. The zero-order valence-corrected chi connectivity index (χ0v) is 10.8. The summed E-state index contributed by atoms with van der Waals surface area (Å²) in [5, 5.41) is 13.3. The molecular weight excluding hydrogens is 230 g/mol. The van der Waals surface area contributed by atoms with E-state index >= 15 is 0 Å². The van der Waals surface area contributed by atoms with Crippen LogP contribution in [-0.2, 0) is 13.0 Å². The number of anilines is 1. The molecule has 0 atom stereocenters. The quantitative estimate of drug-likeness (QED) is 0.904. The Morgan fingerprint density at radius 1 is 1.47 bits per heavy atom. The fourth-order valence-corrected chi connectivity index (χ4v) is 2.70. The van der Waals surface area contributed by atoms with Crippen LogP contribution in [0.1, 0.15) is 22.4 Å². The third-order valence-corrected chi connectivity index (χ3v) is 3.92. The first kappa shape index (κ1) is 11.7. The number of hydrogen-bond acceptors (Lipinski definition) is 3. The van der Waals surface area contributed by atoms with Crippen molar-refractivity contribution in [3.8, 4) is 6.07 Å². The predicted molar refractivity (Wildman–Crippen MR) is 71.1 cm³/mol. The summed E-state index contributed by atoms with van der Waals surface area (Å²) >= 11 is 1.70. The van der Waals surface area contributed by atoms with E-state index in [1.165, 1.54) is 5.56 Å². The second-order valence-electron chi connectivity index (χ2n) is 4.12. The van der Waals surface area contributed by atoms with Gasteiger partial charge in [0.15, 0.2) is 0 Å². The summed E-state index contributed by atoms with van der Waals surface area (Å²) in [6.07, 6.45) is 0.952. The Kier molecular flexibility index (Phi) is 3.21. The lowest BCUT2D eigenvalue weighted by molar-refractivity contribution is 0.690. The minimum atomic E-state index is 0.595. The molecule has 0 aliphatic carbocycles. The van der Waals surface area contributed by atoms with Crippen molar-refractivity contribution in [2.45, 2.75) is 26.8 Å². The molecule has 4 heteroatoms. The maximum atomic E-state index is 9.05. The topological polar surface area (TPSA) is 54.7 Å². The van der Waals surface area contributed by atoms with Crippen LogP contribution in [0, 0.1) is 25.2 Å². The van der Waals surface area contributed by atoms with Gasteiger partial charge in [0.05, 0.1) is 5.56 Å². The molecule has 0 bridgehead atoms. The number of thiophene rings is 1. The molecule has 2 rings (SSSR count). The normalized spacial score (nSPS) is 10.4. The van der Waals surface area contributed by atoms with Gasteiger partial charge in [-0.3, -0.25) is 0 Å². The van der Waals surface area contributed by atoms with Gasteiger partial charge in [-0.2, -0.15) is 16.6 Å². The standard InChI is InChI=1S/C13H15N3S/c1-9-10(2)16(13(15)12(9)7-14)5-3-11-4-6-17-8-11/h4,6,8H,3,5,15H2,1-2H3. The van der Waals surface area contributed by atoms with E-state index < -0.39 is 0 Å². The molecule has 0 fully saturated rings. The Hall–Kier alpha value is -1.73. The van der Waals surface area contributed by atoms with Crippen molar-refractivity contribution in [1.29, 1.82) is 5.26 Å². The molecule has 0 radical (unpaired) electrons. The fraction of sp³-hybridized carbons (Fsp3) is 0.308. The van der Waals surface area contributed by atoms with Crippen LogP contribution in [0.2, 0.25) is 0 Å². The van der Waals surface area contributed by atoms with Gasteiger partial charge >= 0.3 is 0 Å². The molecule has 0 unspecified atom stereocenters. The van der Waals surface area contributed by atoms with E-state index in [1.807, 2.05) is 18.4 Å². The molecule has 2 aromatic rings. The van der Waals surface area contributed by atoms with Gasteiger partial charge in [-0.1, -0.05) is 0 Å². The van der Waals surface area contributed by atoms with E-state index in [1.54, 1.807) is 11.3 Å². The summed E-state index contributed by atoms with van der Waals surface area (Å²) in [7, 11) is 0. The van der Waals surface area contributed by atoms with Crippen LogP contribution in [-0.4, -0.2) is 4.57 Å². The fourth-order valence-electron chi connectivity index (χ4n) is 2.00. The zero-order valence-electron chi connectivity index (χ0n) is 10.0. The Morgan fingerprint density at radius 3 is 2.76 bits per heavy atom. The molecule has 2 aromatic heterocycles. The van der Waals surface area contributed by atoms with E-state index in [2.05, 4.69) is 22.9 Å². The highest BCUT2D eigenvalue weighted by Gasteiger charge is 2.14. The van der Waals surface area contributed by atoms with Crippen LogP contribution < -0.4 is 5.73 Å². The molecule has 0 aliphatic heterocycles. The Balaban J connectivity index is 2.25. The lowest BCUT2D eigenvalue weighted by Gasteiger charge is -2.08. The summed E-state index contributed by atoms with van der Waals surface area (Å²) < 4.78 is 2.03. The van der Waals surface area contributed by atoms with E-state index in [4.69, 9.17) is 11.0 Å². The van der Waals surface area contributed by atoms with Crippen molar-refractivity contribution < 1.29 is 0 Å². The molecule has 0 saturated heterocycles. The summed E-state index contributed by atoms with van der Waals surface area (Å²) in [5.74, 6) is 0.595. The molecule has 0 aromatic carbocycles. The first-order valence-corrected chi connectivity index (χ1v) is 6.45. The van der Waals surface area contributed by atoms with Gasteiger partial charge in [-0.25, -0.2) is 0 Å². The first-order valence-electron chi connectivity index (χ1n) is 5.51. The number of hydrogen-bond donors (Lipinski definition) is 1. The molecular formula is C13H15N3S. The highest BCUT2D eigenvalue weighted by Crippen LogP contribution is 2.23. The van der Waals surface area contributed by atoms with Crippen LogP contribution >= 0.6 is 11.3 Å². The molecule has 2 heterocycles. The van der Waals surface area contributed by atoms with Crippen LogP contribution in [0.4, 0.5) is 5.82 Å². The summed E-state index contributed by atoms with van der Waals surface area (Å²) in [4.78, 5) is 0. The van der Waals surface area contributed by atoms with Gasteiger partial charge in [-0.05, 0) is 48.2 Å². The second kappa shape index (κ2) is 4.64. The first-order chi connectivity index (χ1) is 8.15. The van der Waals surface area contributed by atoms with Crippen LogP contribution in [0.3, 0.4) is 0 Å². The highest BCUT2D eigenvalue weighted by atomic mass is 32.1. The van der Waals surface area contributed by atoms with E-state index in [0.717, 1.165) is 24.2 Å². The maximum Gasteiger partial charge on any atom is 0.122 e. The van der Waals surface area contributed by atoms with Gasteiger partial charge in [0, 0.05) is 12.2 Å². The Morgan fingerprint density at radius 2 is 2.24 bits per heavy atom. The predicted octanol–water partition coefficient (Wildman–Crippen LogP) is 2.86. The average molecular weight is 245 g/mol. The number of aryl methyl sites for hydroxylation is 1. The molecule has 88 valence electrons. The van der Waals surface area contributed by atoms with Gasteiger partial charge in [0.2, 0.25) is 0 Å². The molecule has 0 saturated carbocycles. The molecule has 0 spiro atoms. The zero-order chi connectivity index (χ0) is 12.4. The maximum absolute atomic E-state index is 9.05. The molecule has 3 nitrogen and oxygen atoms in total. The van der Waals surface area contributed by atoms with Gasteiger partial charge in [0.25, 0.3) is 0 Å². The Bertz CT molecular complexity index is 558. The minimum Gasteiger partial charge on any atom is -0.384 e. The minimum absolute atomic E-state index is 0.595. The number of nitrogens with two attached hydrogens (primary N) is 1. The van der Waals surface area contributed by atoms with Crippen LogP contribution in [0.5, 0.6) is 0 Å². The third-order valence-electron chi connectivity index (χ3n) is 3.19. The summed E-state index contributed by atoms with van der Waals surface area (Å²) in [5.41, 5.74) is 10.0. The average Bonchev–Trinajstić information content (AvgIpc) is 2.88. The number of nitrogen functional groups attached to an aromatic ring is 1. The molecule has 17 heavy (non-hydrogen) atoms. The van der Waals surface area contributed by atoms with Crippen molar-refractivity contribution in [2.24, 2.45) is 0 Å². The number of nitrogens with zero attached hydrogens (tertiary/aromatic N) is 2. The van der Waals surface area contributed by atoms with Crippen molar-refractivity contribution >= 4 is 17.2 Å². The third kappa shape index (κ3) is 2.06. The number of aromatic nitrogens is 1. The Labute approximate surface area is 105 Å². The van der Waals surface area contributed by atoms with E-state index in [-0.39, 0.29) is 0 Å². The lowest BCUT2D eigenvalue weighted by Crippen LogP contribution is -2.07. The number of nitriles is 1. The molecule has 2 N–H and O–H groups in total. The van der Waals surface area contributed by atoms with Crippen molar-refractivity contribution in [3.05, 3.63) is 39.2 Å². The van der Waals surface area contributed by atoms with Gasteiger partial charge in [-0.15, -0.1) is 0 Å². The number of rotatable bonds is 3. The van der Waals surface area contributed by atoms with E-state index in [0.29, 0.717) is 11.4 Å². The summed E-state index contributed by atoms with van der Waals surface area (Å²) in [6, 6.07) is 4.30. The lowest BCUT2D eigenvalue weighted by atomic mass is 10.2. The smallest absolute Gasteiger partial charge is 0.122 e. The second-order valence-corrected chi connectivity index (χ2v) is 4.90. The van der Waals surface area contributed by atoms with E-state index in [9.17, 15) is 0 Å². The monoisotopic (exact) mass is 245 g/mol. The molecule has 0 aliphatic rings. The van der Waals surface area contributed by atoms with Gasteiger partial charge < -0.3 is 10.3 Å². The molecule has 0 amide bonds. The summed E-state index contributed by atoms with van der Waals surface area (Å²) in [6.45, 7) is 4.79. The van der Waals surface area contributed by atoms with Crippen LogP contribution in [0.25, 0.3) is 0 Å². The van der Waals surface area contributed by atoms with Crippen molar-refractivity contribution in [1.82, 2.24) is 4.57 Å². The van der Waals surface area contributed by atoms with Gasteiger partial charge in [0.1, 0.15) is 11.9 Å². The highest BCUT2D eigenvalue weighted by molar-refractivity contribution is 7.07. The van der Waals surface area contributed by atoms with Crippen LogP contribution in [0.15, 0.2) is 16.8 Å². The van der Waals surface area contributed by atoms with Crippen molar-refractivity contribution in [2.75, 3.05) is 5.73 Å². The largest absolute Gasteiger partial charge is 0.384 e. The van der Waals surface area contributed by atoms with Crippen molar-refractivity contribution in [3.63, 3.8) is 0 Å².